The molecular formula is C30H31FN2O6. The Morgan fingerprint density at radius 3 is 2.33 bits per heavy atom. The highest BCUT2D eigenvalue weighted by molar-refractivity contribution is 5.92. The topological polar surface area (TPSA) is 88.5 Å². The van der Waals surface area contributed by atoms with Crippen molar-refractivity contribution in [3.63, 3.8) is 0 Å². The minimum absolute atomic E-state index is 0.171. The SMILES string of the molecule is CCOc1cc(CN2CCC3(CC2)CN(c2ccc(C(=O)O)cc2)C(=O)O3)cc(OC)c1-c1ccc(F)cc1. The maximum atomic E-state index is 13.5. The van der Waals surface area contributed by atoms with Crippen LogP contribution in [-0.4, -0.2) is 61.0 Å². The van der Waals surface area contributed by atoms with Gasteiger partial charge in [-0.15, -0.1) is 0 Å². The molecule has 1 spiro atoms. The zero-order chi connectivity index (χ0) is 27.6. The van der Waals surface area contributed by atoms with Gasteiger partial charge in [0.2, 0.25) is 0 Å². The molecule has 204 valence electrons. The van der Waals surface area contributed by atoms with Crippen LogP contribution in [0.5, 0.6) is 11.5 Å². The van der Waals surface area contributed by atoms with Crippen molar-refractivity contribution in [3.05, 3.63) is 77.6 Å². The lowest BCUT2D eigenvalue weighted by molar-refractivity contribution is -0.00101. The van der Waals surface area contributed by atoms with Gasteiger partial charge in [0, 0.05) is 38.2 Å². The molecule has 0 aliphatic carbocycles. The number of rotatable bonds is 8. The highest BCUT2D eigenvalue weighted by Gasteiger charge is 2.47. The average molecular weight is 535 g/mol. The number of hydrogen-bond donors (Lipinski definition) is 1. The summed E-state index contributed by atoms with van der Waals surface area (Å²) >= 11 is 0. The Kier molecular flexibility index (Phi) is 7.43. The molecule has 1 amide bonds. The van der Waals surface area contributed by atoms with Crippen molar-refractivity contribution in [2.24, 2.45) is 0 Å². The highest BCUT2D eigenvalue weighted by atomic mass is 19.1. The van der Waals surface area contributed by atoms with Gasteiger partial charge in [-0.2, -0.15) is 0 Å². The lowest BCUT2D eigenvalue weighted by Gasteiger charge is -2.37. The van der Waals surface area contributed by atoms with E-state index in [1.807, 2.05) is 19.1 Å². The quantitative estimate of drug-likeness (QED) is 0.403. The molecule has 2 aliphatic rings. The number of piperidine rings is 1. The van der Waals surface area contributed by atoms with E-state index in [0.717, 1.165) is 29.8 Å². The lowest BCUT2D eigenvalue weighted by Crippen LogP contribution is -2.46. The summed E-state index contributed by atoms with van der Waals surface area (Å²) in [5.74, 6) is 0.0272. The van der Waals surface area contributed by atoms with Crippen LogP contribution in [0.3, 0.4) is 0 Å². The second-order valence-corrected chi connectivity index (χ2v) is 9.88. The zero-order valence-corrected chi connectivity index (χ0v) is 22.0. The smallest absolute Gasteiger partial charge is 0.415 e. The summed E-state index contributed by atoms with van der Waals surface area (Å²) in [6.45, 7) is 4.99. The number of carbonyl (C=O) groups excluding carboxylic acids is 1. The standard InChI is InChI=1S/C30H31FN2O6/c1-3-38-26-17-20(16-25(37-2)27(26)21-4-8-23(31)9-5-21)18-32-14-12-30(13-15-32)19-33(29(36)39-30)24-10-6-22(7-11-24)28(34)35/h4-11,16-17H,3,12-15,18-19H2,1-2H3,(H,34,35). The zero-order valence-electron chi connectivity index (χ0n) is 22.0. The predicted molar refractivity (Wildman–Crippen MR) is 144 cm³/mol. The van der Waals surface area contributed by atoms with Gasteiger partial charge < -0.3 is 19.3 Å². The third-order valence-corrected chi connectivity index (χ3v) is 7.35. The molecule has 0 aromatic heterocycles. The molecular weight excluding hydrogens is 503 g/mol. The Morgan fingerprint density at radius 1 is 1.05 bits per heavy atom. The fourth-order valence-electron chi connectivity index (χ4n) is 5.31. The van der Waals surface area contributed by atoms with Crippen LogP contribution in [0.15, 0.2) is 60.7 Å². The minimum atomic E-state index is -1.01. The number of methoxy groups -OCH3 is 1. The molecule has 8 nitrogen and oxygen atoms in total. The Morgan fingerprint density at radius 2 is 1.72 bits per heavy atom. The molecule has 0 bridgehead atoms. The van der Waals surface area contributed by atoms with Crippen molar-refractivity contribution in [1.29, 1.82) is 0 Å². The molecule has 39 heavy (non-hydrogen) atoms. The van der Waals surface area contributed by atoms with E-state index in [1.165, 1.54) is 24.3 Å². The number of carboxylic acids is 1. The molecule has 9 heteroatoms. The number of benzene rings is 3. The van der Waals surface area contributed by atoms with Crippen LogP contribution < -0.4 is 14.4 Å². The monoisotopic (exact) mass is 534 g/mol. The van der Waals surface area contributed by atoms with Crippen molar-refractivity contribution in [1.82, 2.24) is 4.90 Å². The van der Waals surface area contributed by atoms with Gasteiger partial charge >= 0.3 is 12.1 Å². The molecule has 3 aromatic rings. The Hall–Kier alpha value is -4.11. The summed E-state index contributed by atoms with van der Waals surface area (Å²) < 4.78 is 31.1. The van der Waals surface area contributed by atoms with Crippen molar-refractivity contribution >= 4 is 17.7 Å². The number of halogens is 1. The van der Waals surface area contributed by atoms with Crippen molar-refractivity contribution in [2.75, 3.05) is 38.3 Å². The van der Waals surface area contributed by atoms with Gasteiger partial charge in [-0.1, -0.05) is 12.1 Å². The van der Waals surface area contributed by atoms with Gasteiger partial charge in [-0.3, -0.25) is 9.80 Å². The molecule has 3 aromatic carbocycles. The molecule has 0 atom stereocenters. The number of aromatic carboxylic acids is 1. The first-order valence-electron chi connectivity index (χ1n) is 13.0. The second kappa shape index (κ2) is 10.9. The summed E-state index contributed by atoms with van der Waals surface area (Å²) in [7, 11) is 1.61. The average Bonchev–Trinajstić information content (AvgIpc) is 3.26. The first kappa shape index (κ1) is 26.5. The van der Waals surface area contributed by atoms with Crippen LogP contribution in [0.2, 0.25) is 0 Å². The van der Waals surface area contributed by atoms with Crippen LogP contribution in [-0.2, 0) is 11.3 Å². The van der Waals surface area contributed by atoms with Crippen LogP contribution >= 0.6 is 0 Å². The highest BCUT2D eigenvalue weighted by Crippen LogP contribution is 2.41. The first-order valence-corrected chi connectivity index (χ1v) is 13.0. The molecule has 0 saturated carbocycles. The van der Waals surface area contributed by atoms with E-state index in [0.29, 0.717) is 49.7 Å². The van der Waals surface area contributed by atoms with Crippen molar-refractivity contribution in [3.8, 4) is 22.6 Å². The van der Waals surface area contributed by atoms with Crippen LogP contribution in [0, 0.1) is 5.82 Å². The van der Waals surface area contributed by atoms with Gasteiger partial charge in [0.15, 0.2) is 0 Å². The Balaban J connectivity index is 1.28. The summed E-state index contributed by atoms with van der Waals surface area (Å²) in [5.41, 5.74) is 2.86. The largest absolute Gasteiger partial charge is 0.496 e. The van der Waals surface area contributed by atoms with E-state index in [-0.39, 0.29) is 11.4 Å². The second-order valence-electron chi connectivity index (χ2n) is 9.88. The maximum Gasteiger partial charge on any atom is 0.415 e. The number of carboxylic acid groups (broad SMARTS) is 1. The predicted octanol–water partition coefficient (Wildman–Crippen LogP) is 5.59. The van der Waals surface area contributed by atoms with Gasteiger partial charge in [0.1, 0.15) is 22.9 Å². The molecule has 2 fully saturated rings. The summed E-state index contributed by atoms with van der Waals surface area (Å²) in [6.07, 6.45) is 0.964. The number of hydrogen-bond acceptors (Lipinski definition) is 6. The molecule has 0 unspecified atom stereocenters. The van der Waals surface area contributed by atoms with Gasteiger partial charge in [0.25, 0.3) is 0 Å². The molecule has 5 rings (SSSR count). The van der Waals surface area contributed by atoms with E-state index in [2.05, 4.69) is 4.90 Å². The first-order chi connectivity index (χ1) is 18.8. The van der Waals surface area contributed by atoms with Gasteiger partial charge in [0.05, 0.1) is 31.4 Å². The van der Waals surface area contributed by atoms with Gasteiger partial charge in [-0.05, 0) is 66.6 Å². The fourth-order valence-corrected chi connectivity index (χ4v) is 5.31. The number of anilines is 1. The van der Waals surface area contributed by atoms with E-state index in [1.54, 1.807) is 36.3 Å². The summed E-state index contributed by atoms with van der Waals surface area (Å²) in [4.78, 5) is 27.7. The van der Waals surface area contributed by atoms with E-state index in [9.17, 15) is 14.0 Å². The summed E-state index contributed by atoms with van der Waals surface area (Å²) in [6, 6.07) is 16.5. The van der Waals surface area contributed by atoms with Gasteiger partial charge in [-0.25, -0.2) is 14.0 Å². The van der Waals surface area contributed by atoms with E-state index >= 15 is 0 Å². The third kappa shape index (κ3) is 5.54. The lowest BCUT2D eigenvalue weighted by atomic mass is 9.91. The number of ether oxygens (including phenoxy) is 3. The molecule has 2 saturated heterocycles. The molecule has 2 heterocycles. The molecule has 2 aliphatic heterocycles. The van der Waals surface area contributed by atoms with E-state index < -0.39 is 17.7 Å². The number of nitrogens with zero attached hydrogens (tertiary/aromatic N) is 2. The maximum absolute atomic E-state index is 13.5. The van der Waals surface area contributed by atoms with Crippen LogP contribution in [0.4, 0.5) is 14.9 Å². The third-order valence-electron chi connectivity index (χ3n) is 7.35. The molecule has 1 N–H and O–H groups in total. The Labute approximate surface area is 226 Å². The summed E-state index contributed by atoms with van der Waals surface area (Å²) in [5, 5.41) is 9.13. The van der Waals surface area contributed by atoms with Crippen molar-refractivity contribution < 1.29 is 33.3 Å². The normalized spacial score (nSPS) is 16.8. The number of likely N-dealkylation sites (tertiary alicyclic amines) is 1. The minimum Gasteiger partial charge on any atom is -0.496 e. The Bertz CT molecular complexity index is 1350. The van der Waals surface area contributed by atoms with Crippen LogP contribution in [0.1, 0.15) is 35.7 Å². The van der Waals surface area contributed by atoms with Crippen LogP contribution in [0.25, 0.3) is 11.1 Å². The molecule has 0 radical (unpaired) electrons. The van der Waals surface area contributed by atoms with E-state index in [4.69, 9.17) is 19.3 Å². The fraction of sp³-hybridized carbons (Fsp3) is 0.333. The van der Waals surface area contributed by atoms with Crippen molar-refractivity contribution in [2.45, 2.75) is 31.9 Å². The number of amides is 1. The number of carbonyl (C=O) groups is 2.